The van der Waals surface area contributed by atoms with Crippen molar-refractivity contribution in [2.24, 2.45) is 0 Å². The molecule has 1 aromatic carbocycles. The molecule has 112 valence electrons. The van der Waals surface area contributed by atoms with Crippen molar-refractivity contribution in [3.8, 4) is 0 Å². The maximum atomic E-state index is 11.9. The Hall–Kier alpha value is -2.08. The number of esters is 1. The maximum Gasteiger partial charge on any atom is 0.340 e. The van der Waals surface area contributed by atoms with Crippen LogP contribution in [0.15, 0.2) is 23.6 Å². The maximum absolute atomic E-state index is 11.9. The molecule has 0 radical (unpaired) electrons. The predicted octanol–water partition coefficient (Wildman–Crippen LogP) is 2.87. The second-order valence-corrected chi connectivity index (χ2v) is 5.53. The van der Waals surface area contributed by atoms with Gasteiger partial charge in [-0.1, -0.05) is 0 Å². The number of anilines is 2. The molecule has 0 unspecified atom stereocenters. The summed E-state index contributed by atoms with van der Waals surface area (Å²) in [5.74, 6) is -0.364. The van der Waals surface area contributed by atoms with Gasteiger partial charge in [-0.05, 0) is 32.0 Å². The third-order valence-corrected chi connectivity index (χ3v) is 3.89. The van der Waals surface area contributed by atoms with Gasteiger partial charge in [0.1, 0.15) is 0 Å². The molecule has 3 N–H and O–H groups in total. The van der Waals surface area contributed by atoms with E-state index in [9.17, 15) is 4.79 Å². The molecule has 2 rings (SSSR count). The number of benzene rings is 1. The van der Waals surface area contributed by atoms with Crippen LogP contribution in [-0.4, -0.2) is 24.1 Å². The third kappa shape index (κ3) is 4.19. The number of ether oxygens (including phenoxy) is 1. The van der Waals surface area contributed by atoms with Crippen LogP contribution in [0.1, 0.15) is 28.0 Å². The Morgan fingerprint density at radius 2 is 2.29 bits per heavy atom. The van der Waals surface area contributed by atoms with Crippen molar-refractivity contribution in [2.45, 2.75) is 20.3 Å². The minimum atomic E-state index is -0.364. The molecule has 1 heterocycles. The normalized spacial score (nSPS) is 10.4. The van der Waals surface area contributed by atoms with Gasteiger partial charge in [-0.2, -0.15) is 0 Å². The van der Waals surface area contributed by atoms with Crippen LogP contribution in [-0.2, 0) is 11.2 Å². The lowest BCUT2D eigenvalue weighted by Crippen LogP contribution is -2.12. The van der Waals surface area contributed by atoms with Gasteiger partial charge in [0.2, 0.25) is 0 Å². The molecule has 21 heavy (non-hydrogen) atoms. The molecule has 2 aromatic rings. The van der Waals surface area contributed by atoms with E-state index >= 15 is 0 Å². The molecule has 0 aliphatic carbocycles. The summed E-state index contributed by atoms with van der Waals surface area (Å²) in [6, 6.07) is 5.20. The number of nitrogens with one attached hydrogen (secondary N) is 1. The summed E-state index contributed by atoms with van der Waals surface area (Å²) >= 11 is 1.64. The Morgan fingerprint density at radius 1 is 1.48 bits per heavy atom. The molecule has 0 amide bonds. The summed E-state index contributed by atoms with van der Waals surface area (Å²) in [5, 5.41) is 6.36. The van der Waals surface area contributed by atoms with Gasteiger partial charge in [-0.25, -0.2) is 9.78 Å². The first kappa shape index (κ1) is 15.3. The lowest BCUT2D eigenvalue weighted by Gasteiger charge is -2.11. The summed E-state index contributed by atoms with van der Waals surface area (Å²) in [4.78, 5) is 16.3. The number of nitrogens with two attached hydrogens (primary N) is 1. The lowest BCUT2D eigenvalue weighted by molar-refractivity contribution is 0.0527. The van der Waals surface area contributed by atoms with E-state index in [4.69, 9.17) is 10.5 Å². The van der Waals surface area contributed by atoms with Crippen molar-refractivity contribution in [3.63, 3.8) is 0 Å². The number of aryl methyl sites for hydroxylation is 1. The van der Waals surface area contributed by atoms with Crippen LogP contribution in [0.2, 0.25) is 0 Å². The van der Waals surface area contributed by atoms with E-state index in [1.54, 1.807) is 36.5 Å². The average molecular weight is 305 g/mol. The van der Waals surface area contributed by atoms with Crippen molar-refractivity contribution < 1.29 is 9.53 Å². The van der Waals surface area contributed by atoms with Crippen LogP contribution in [0.3, 0.4) is 0 Å². The van der Waals surface area contributed by atoms with Gasteiger partial charge in [0.15, 0.2) is 0 Å². The number of carbonyl (C=O) groups excluding carboxylic acids is 1. The standard InChI is InChI=1S/C15H19N3O2S/c1-3-20-15(19)12-8-11(16)4-5-13(12)17-7-6-14-18-10(2)9-21-14/h4-5,8-9,17H,3,6-7,16H2,1-2H3. The van der Waals surface area contributed by atoms with Crippen molar-refractivity contribution in [2.75, 3.05) is 24.2 Å². The highest BCUT2D eigenvalue weighted by Gasteiger charge is 2.13. The molecule has 0 spiro atoms. The molecule has 0 aliphatic rings. The Bertz CT molecular complexity index is 625. The highest BCUT2D eigenvalue weighted by Crippen LogP contribution is 2.20. The smallest absolute Gasteiger partial charge is 0.340 e. The number of carbonyl (C=O) groups is 1. The van der Waals surface area contributed by atoms with Crippen molar-refractivity contribution in [1.29, 1.82) is 0 Å². The van der Waals surface area contributed by atoms with E-state index in [-0.39, 0.29) is 5.97 Å². The van der Waals surface area contributed by atoms with Crippen molar-refractivity contribution in [3.05, 3.63) is 39.8 Å². The van der Waals surface area contributed by atoms with Crippen LogP contribution >= 0.6 is 11.3 Å². The predicted molar refractivity (Wildman–Crippen MR) is 85.9 cm³/mol. The second-order valence-electron chi connectivity index (χ2n) is 4.58. The SMILES string of the molecule is CCOC(=O)c1cc(N)ccc1NCCc1nc(C)cs1. The highest BCUT2D eigenvalue weighted by molar-refractivity contribution is 7.09. The highest BCUT2D eigenvalue weighted by atomic mass is 32.1. The molecule has 0 bridgehead atoms. The molecule has 0 atom stereocenters. The number of hydrogen-bond acceptors (Lipinski definition) is 6. The molecule has 0 saturated heterocycles. The third-order valence-electron chi connectivity index (χ3n) is 2.86. The molecule has 6 heteroatoms. The fraction of sp³-hybridized carbons (Fsp3) is 0.333. The molecular formula is C15H19N3O2S. The van der Waals surface area contributed by atoms with Crippen molar-refractivity contribution >= 4 is 28.7 Å². The first-order valence-electron chi connectivity index (χ1n) is 6.81. The van der Waals surface area contributed by atoms with Gasteiger partial charge in [0.05, 0.1) is 17.2 Å². The number of thiazole rings is 1. The monoisotopic (exact) mass is 305 g/mol. The van der Waals surface area contributed by atoms with E-state index in [0.29, 0.717) is 24.4 Å². The summed E-state index contributed by atoms with van der Waals surface area (Å²) in [6.45, 7) is 4.79. The number of aromatic nitrogens is 1. The van der Waals surface area contributed by atoms with Crippen LogP contribution in [0.4, 0.5) is 11.4 Å². The Labute approximate surface area is 128 Å². The molecular weight excluding hydrogens is 286 g/mol. The Balaban J connectivity index is 2.03. The Morgan fingerprint density at radius 3 is 2.95 bits per heavy atom. The van der Waals surface area contributed by atoms with E-state index < -0.39 is 0 Å². The topological polar surface area (TPSA) is 77.2 Å². The van der Waals surface area contributed by atoms with Crippen molar-refractivity contribution in [1.82, 2.24) is 4.98 Å². The second kappa shape index (κ2) is 7.08. The van der Waals surface area contributed by atoms with Gasteiger partial charge in [0, 0.05) is 35.4 Å². The first-order valence-corrected chi connectivity index (χ1v) is 7.69. The zero-order chi connectivity index (χ0) is 15.2. The largest absolute Gasteiger partial charge is 0.462 e. The van der Waals surface area contributed by atoms with Crippen LogP contribution in [0, 0.1) is 6.92 Å². The van der Waals surface area contributed by atoms with E-state index in [0.717, 1.165) is 22.8 Å². The number of nitrogens with zero attached hydrogens (tertiary/aromatic N) is 1. The van der Waals surface area contributed by atoms with Crippen LogP contribution in [0.5, 0.6) is 0 Å². The number of nitrogen functional groups attached to an aromatic ring is 1. The van der Waals surface area contributed by atoms with E-state index in [1.165, 1.54) is 0 Å². The zero-order valence-electron chi connectivity index (χ0n) is 12.2. The quantitative estimate of drug-likeness (QED) is 0.634. The molecule has 0 saturated carbocycles. The van der Waals surface area contributed by atoms with Gasteiger partial charge in [-0.3, -0.25) is 0 Å². The van der Waals surface area contributed by atoms with E-state index in [1.807, 2.05) is 12.3 Å². The van der Waals surface area contributed by atoms with E-state index in [2.05, 4.69) is 10.3 Å². The summed E-state index contributed by atoms with van der Waals surface area (Å²) in [6.07, 6.45) is 0.811. The first-order chi connectivity index (χ1) is 10.1. The Kier molecular flexibility index (Phi) is 5.16. The molecule has 1 aromatic heterocycles. The van der Waals surface area contributed by atoms with Gasteiger partial charge < -0.3 is 15.8 Å². The summed E-state index contributed by atoms with van der Waals surface area (Å²) in [7, 11) is 0. The zero-order valence-corrected chi connectivity index (χ0v) is 13.0. The van der Waals surface area contributed by atoms with Crippen LogP contribution < -0.4 is 11.1 Å². The fourth-order valence-electron chi connectivity index (χ4n) is 1.92. The van der Waals surface area contributed by atoms with Crippen LogP contribution in [0.25, 0.3) is 0 Å². The minimum absolute atomic E-state index is 0.339. The molecule has 0 fully saturated rings. The fourth-order valence-corrected chi connectivity index (χ4v) is 2.69. The lowest BCUT2D eigenvalue weighted by atomic mass is 10.1. The van der Waals surface area contributed by atoms with Gasteiger partial charge in [-0.15, -0.1) is 11.3 Å². The summed E-state index contributed by atoms with van der Waals surface area (Å²) < 4.78 is 5.05. The van der Waals surface area contributed by atoms with Gasteiger partial charge >= 0.3 is 5.97 Å². The number of rotatable bonds is 6. The molecule has 5 nitrogen and oxygen atoms in total. The summed E-state index contributed by atoms with van der Waals surface area (Å²) in [5.41, 5.74) is 8.51. The number of hydrogen-bond donors (Lipinski definition) is 2. The average Bonchev–Trinajstić information content (AvgIpc) is 2.86. The minimum Gasteiger partial charge on any atom is -0.462 e. The molecule has 0 aliphatic heterocycles. The van der Waals surface area contributed by atoms with Gasteiger partial charge in [0.25, 0.3) is 0 Å².